The number of hydrogen-bond donors (Lipinski definition) is 2. The van der Waals surface area contributed by atoms with Gasteiger partial charge in [0.25, 0.3) is 0 Å². The largest absolute Gasteiger partial charge is 0.508 e. The zero-order valence-electron chi connectivity index (χ0n) is 10.9. The molecule has 1 aliphatic rings. The Morgan fingerprint density at radius 2 is 2.37 bits per heavy atom. The van der Waals surface area contributed by atoms with Gasteiger partial charge in [-0.25, -0.2) is 4.98 Å². The molecule has 19 heavy (non-hydrogen) atoms. The molecule has 0 radical (unpaired) electrons. The molecule has 0 fully saturated rings. The van der Waals surface area contributed by atoms with E-state index in [1.165, 1.54) is 11.1 Å². The van der Waals surface area contributed by atoms with Gasteiger partial charge in [-0.05, 0) is 49.1 Å². The van der Waals surface area contributed by atoms with Crippen molar-refractivity contribution in [2.24, 2.45) is 0 Å². The lowest BCUT2D eigenvalue weighted by Gasteiger charge is -2.14. The molecule has 2 N–H and O–H groups in total. The Morgan fingerprint density at radius 3 is 3.21 bits per heavy atom. The van der Waals surface area contributed by atoms with Crippen LogP contribution in [-0.4, -0.2) is 21.2 Å². The number of aryl methyl sites for hydroxylation is 2. The van der Waals surface area contributed by atoms with Crippen molar-refractivity contribution in [3.63, 3.8) is 0 Å². The first-order valence-electron chi connectivity index (χ1n) is 6.84. The second kappa shape index (κ2) is 5.45. The van der Waals surface area contributed by atoms with E-state index in [0.717, 1.165) is 32.4 Å². The minimum absolute atomic E-state index is 0.375. The van der Waals surface area contributed by atoms with Crippen molar-refractivity contribution < 1.29 is 5.11 Å². The van der Waals surface area contributed by atoms with Crippen LogP contribution in [0.4, 0.5) is 0 Å². The molecule has 0 bridgehead atoms. The molecule has 0 saturated carbocycles. The van der Waals surface area contributed by atoms with Crippen LogP contribution in [0.15, 0.2) is 36.9 Å². The molecule has 4 heteroatoms. The van der Waals surface area contributed by atoms with Crippen LogP contribution >= 0.6 is 0 Å². The molecule has 1 aliphatic carbocycles. The highest BCUT2D eigenvalue weighted by atomic mass is 16.3. The van der Waals surface area contributed by atoms with Gasteiger partial charge >= 0.3 is 0 Å². The first-order chi connectivity index (χ1) is 9.33. The van der Waals surface area contributed by atoms with Crippen LogP contribution < -0.4 is 5.32 Å². The Hall–Kier alpha value is -1.81. The number of hydrogen-bond acceptors (Lipinski definition) is 3. The standard InChI is InChI=1S/C15H19N3O/c19-13-3-4-14-12(10-13)2-5-15(14)17-6-1-8-18-9-7-16-11-18/h3-4,7,9-11,15,17,19H,1-2,5-6,8H2. The summed E-state index contributed by atoms with van der Waals surface area (Å²) >= 11 is 0. The lowest BCUT2D eigenvalue weighted by molar-refractivity contribution is 0.474. The maximum atomic E-state index is 9.47. The van der Waals surface area contributed by atoms with Crippen LogP contribution in [0.25, 0.3) is 0 Å². The number of aromatic nitrogens is 2. The van der Waals surface area contributed by atoms with Gasteiger partial charge in [-0.15, -0.1) is 0 Å². The van der Waals surface area contributed by atoms with E-state index >= 15 is 0 Å². The van der Waals surface area contributed by atoms with E-state index in [-0.39, 0.29) is 0 Å². The molecule has 2 aromatic rings. The fourth-order valence-electron chi connectivity index (χ4n) is 2.77. The van der Waals surface area contributed by atoms with E-state index < -0.39 is 0 Å². The van der Waals surface area contributed by atoms with Gasteiger partial charge in [0.2, 0.25) is 0 Å². The third-order valence-corrected chi connectivity index (χ3v) is 3.75. The van der Waals surface area contributed by atoms with E-state index in [9.17, 15) is 5.11 Å². The van der Waals surface area contributed by atoms with Crippen LogP contribution in [0, 0.1) is 0 Å². The molecule has 1 aromatic carbocycles. The van der Waals surface area contributed by atoms with Gasteiger partial charge < -0.3 is 15.0 Å². The lowest BCUT2D eigenvalue weighted by atomic mass is 10.1. The van der Waals surface area contributed by atoms with Crippen LogP contribution in [0.2, 0.25) is 0 Å². The summed E-state index contributed by atoms with van der Waals surface area (Å²) in [6.45, 7) is 2.01. The Kier molecular flexibility index (Phi) is 3.51. The van der Waals surface area contributed by atoms with E-state index in [0.29, 0.717) is 11.8 Å². The number of phenolic OH excluding ortho intramolecular Hbond substituents is 1. The summed E-state index contributed by atoms with van der Waals surface area (Å²) in [5.74, 6) is 0.375. The first kappa shape index (κ1) is 12.2. The third kappa shape index (κ3) is 2.79. The van der Waals surface area contributed by atoms with E-state index in [2.05, 4.69) is 14.9 Å². The van der Waals surface area contributed by atoms with E-state index in [1.54, 1.807) is 6.07 Å². The summed E-state index contributed by atoms with van der Waals surface area (Å²) in [6, 6.07) is 6.16. The Labute approximate surface area is 113 Å². The highest BCUT2D eigenvalue weighted by molar-refractivity contribution is 5.39. The van der Waals surface area contributed by atoms with Gasteiger partial charge in [-0.3, -0.25) is 0 Å². The molecule has 0 amide bonds. The fourth-order valence-corrected chi connectivity index (χ4v) is 2.77. The van der Waals surface area contributed by atoms with Gasteiger partial charge in [0.05, 0.1) is 6.33 Å². The van der Waals surface area contributed by atoms with Gasteiger partial charge in [0.1, 0.15) is 5.75 Å². The van der Waals surface area contributed by atoms with Gasteiger partial charge in [-0.2, -0.15) is 0 Å². The summed E-state index contributed by atoms with van der Waals surface area (Å²) in [4.78, 5) is 4.04. The zero-order valence-corrected chi connectivity index (χ0v) is 10.9. The van der Waals surface area contributed by atoms with E-state index in [1.807, 2.05) is 30.9 Å². The summed E-state index contributed by atoms with van der Waals surface area (Å²) in [7, 11) is 0. The number of nitrogens with one attached hydrogen (secondary N) is 1. The molecule has 4 nitrogen and oxygen atoms in total. The predicted molar refractivity (Wildman–Crippen MR) is 74.0 cm³/mol. The minimum atomic E-state index is 0.375. The monoisotopic (exact) mass is 257 g/mol. The average molecular weight is 257 g/mol. The maximum absolute atomic E-state index is 9.47. The second-order valence-electron chi connectivity index (χ2n) is 5.08. The third-order valence-electron chi connectivity index (χ3n) is 3.75. The Morgan fingerprint density at radius 1 is 1.42 bits per heavy atom. The molecule has 1 atom stereocenters. The van der Waals surface area contributed by atoms with Crippen LogP contribution in [0.3, 0.4) is 0 Å². The number of aromatic hydroxyl groups is 1. The smallest absolute Gasteiger partial charge is 0.115 e. The van der Waals surface area contributed by atoms with Crippen LogP contribution in [0.1, 0.15) is 30.0 Å². The predicted octanol–water partition coefficient (Wildman–Crippen LogP) is 2.26. The number of fused-ring (bicyclic) bond motifs is 1. The average Bonchev–Trinajstić information content (AvgIpc) is 3.03. The van der Waals surface area contributed by atoms with Crippen molar-refractivity contribution >= 4 is 0 Å². The van der Waals surface area contributed by atoms with Crippen molar-refractivity contribution in [3.8, 4) is 5.75 Å². The second-order valence-corrected chi connectivity index (χ2v) is 5.08. The Bertz CT molecular complexity index is 536. The van der Waals surface area contributed by atoms with Crippen LogP contribution in [0.5, 0.6) is 5.75 Å². The first-order valence-corrected chi connectivity index (χ1v) is 6.84. The Balaban J connectivity index is 1.50. The number of imidazole rings is 1. The molecular formula is C15H19N3O. The van der Waals surface area contributed by atoms with Crippen molar-refractivity contribution in [1.82, 2.24) is 14.9 Å². The SMILES string of the molecule is Oc1ccc2c(c1)CCC2NCCCn1ccnc1. The summed E-state index contributed by atoms with van der Waals surface area (Å²) in [5.41, 5.74) is 2.63. The van der Waals surface area contributed by atoms with Crippen molar-refractivity contribution in [2.45, 2.75) is 31.8 Å². The molecular weight excluding hydrogens is 238 g/mol. The van der Waals surface area contributed by atoms with Crippen molar-refractivity contribution in [1.29, 1.82) is 0 Å². The summed E-state index contributed by atoms with van der Waals surface area (Å²) in [5, 5.41) is 13.1. The topological polar surface area (TPSA) is 50.1 Å². The molecule has 1 aromatic heterocycles. The van der Waals surface area contributed by atoms with E-state index in [4.69, 9.17) is 0 Å². The highest BCUT2D eigenvalue weighted by Crippen LogP contribution is 2.33. The number of nitrogens with zero attached hydrogens (tertiary/aromatic N) is 2. The molecule has 3 rings (SSSR count). The lowest BCUT2D eigenvalue weighted by Crippen LogP contribution is -2.21. The molecule has 1 heterocycles. The maximum Gasteiger partial charge on any atom is 0.115 e. The molecule has 0 saturated heterocycles. The fraction of sp³-hybridized carbons (Fsp3) is 0.400. The summed E-state index contributed by atoms with van der Waals surface area (Å²) in [6.07, 6.45) is 8.95. The quantitative estimate of drug-likeness (QED) is 0.808. The van der Waals surface area contributed by atoms with Gasteiger partial charge in [-0.1, -0.05) is 6.07 Å². The zero-order chi connectivity index (χ0) is 13.1. The normalized spacial score (nSPS) is 17.6. The van der Waals surface area contributed by atoms with Crippen LogP contribution in [-0.2, 0) is 13.0 Å². The minimum Gasteiger partial charge on any atom is -0.508 e. The number of benzene rings is 1. The van der Waals surface area contributed by atoms with Crippen molar-refractivity contribution in [2.75, 3.05) is 6.54 Å². The molecule has 100 valence electrons. The van der Waals surface area contributed by atoms with Gasteiger partial charge in [0.15, 0.2) is 0 Å². The number of phenols is 1. The molecule has 0 aliphatic heterocycles. The molecule has 0 spiro atoms. The van der Waals surface area contributed by atoms with Crippen molar-refractivity contribution in [3.05, 3.63) is 48.0 Å². The molecule has 1 unspecified atom stereocenters. The number of rotatable bonds is 5. The van der Waals surface area contributed by atoms with Gasteiger partial charge in [0, 0.05) is 25.0 Å². The summed E-state index contributed by atoms with van der Waals surface area (Å²) < 4.78 is 2.10. The highest BCUT2D eigenvalue weighted by Gasteiger charge is 2.21.